The lowest BCUT2D eigenvalue weighted by atomic mass is 9.99. The molecule has 1 aromatic carbocycles. The van der Waals surface area contributed by atoms with Crippen LogP contribution in [0.25, 0.3) is 0 Å². The molecule has 1 nitrogen and oxygen atoms in total. The van der Waals surface area contributed by atoms with Gasteiger partial charge in [-0.05, 0) is 30.2 Å². The summed E-state index contributed by atoms with van der Waals surface area (Å²) in [5.74, 6) is -0.449. The van der Waals surface area contributed by atoms with Gasteiger partial charge in [-0.3, -0.25) is 0 Å². The third kappa shape index (κ3) is 4.10. The van der Waals surface area contributed by atoms with Gasteiger partial charge < -0.3 is 5.73 Å². The molecule has 0 amide bonds. The Kier molecular flexibility index (Phi) is 5.68. The zero-order valence-electron chi connectivity index (χ0n) is 8.21. The van der Waals surface area contributed by atoms with Crippen molar-refractivity contribution in [3.8, 4) is 0 Å². The normalized spacial score (nSPS) is 12.4. The van der Waals surface area contributed by atoms with Gasteiger partial charge in [-0.2, -0.15) is 0 Å². The molecule has 0 aliphatic heterocycles. The van der Waals surface area contributed by atoms with Crippen LogP contribution < -0.4 is 5.73 Å². The molecule has 5 heteroatoms. The van der Waals surface area contributed by atoms with Crippen LogP contribution in [-0.2, 0) is 0 Å². The first kappa shape index (κ1) is 14.3. The van der Waals surface area contributed by atoms with Crippen LogP contribution in [-0.4, -0.2) is 6.43 Å². The van der Waals surface area contributed by atoms with E-state index in [0.717, 1.165) is 5.56 Å². The molecule has 0 aliphatic carbocycles. The quantitative estimate of drug-likeness (QED) is 0.861. The van der Waals surface area contributed by atoms with E-state index in [0.29, 0.717) is 5.56 Å². The maximum absolute atomic E-state index is 12.8. The fraction of sp³-hybridized carbons (Fsp3) is 0.400. The van der Waals surface area contributed by atoms with E-state index in [1.807, 2.05) is 0 Å². The van der Waals surface area contributed by atoms with Gasteiger partial charge in [0.1, 0.15) is 5.82 Å². The van der Waals surface area contributed by atoms with E-state index in [2.05, 4.69) is 0 Å². The van der Waals surface area contributed by atoms with E-state index in [9.17, 15) is 13.2 Å². The molecule has 0 heterocycles. The molecule has 0 unspecified atom stereocenters. The van der Waals surface area contributed by atoms with Crippen LogP contribution in [0.1, 0.15) is 23.6 Å². The molecule has 1 aromatic rings. The molecule has 0 bridgehead atoms. The predicted molar refractivity (Wildman–Crippen MR) is 55.9 cm³/mol. The van der Waals surface area contributed by atoms with Gasteiger partial charge >= 0.3 is 0 Å². The maximum Gasteiger partial charge on any atom is 0.240 e. The van der Waals surface area contributed by atoms with E-state index in [-0.39, 0.29) is 12.4 Å². The van der Waals surface area contributed by atoms with Crippen LogP contribution in [0.15, 0.2) is 18.2 Å². The number of benzene rings is 1. The molecule has 0 saturated heterocycles. The van der Waals surface area contributed by atoms with Crippen LogP contribution in [0.5, 0.6) is 0 Å². The first-order valence-electron chi connectivity index (χ1n) is 4.30. The predicted octanol–water partition coefficient (Wildman–Crippen LogP) is 3.21. The molecular weight excluding hydrogens is 227 g/mol. The smallest absolute Gasteiger partial charge is 0.240 e. The van der Waals surface area contributed by atoms with Crippen molar-refractivity contribution in [1.29, 1.82) is 0 Å². The van der Waals surface area contributed by atoms with Crippen LogP contribution >= 0.6 is 12.4 Å². The van der Waals surface area contributed by atoms with Gasteiger partial charge in [-0.15, -0.1) is 12.4 Å². The van der Waals surface area contributed by atoms with Crippen LogP contribution in [0.2, 0.25) is 0 Å². The Hall–Kier alpha value is -0.740. The highest BCUT2D eigenvalue weighted by atomic mass is 35.5. The Morgan fingerprint density at radius 3 is 2.47 bits per heavy atom. The number of halogens is 4. The minimum Gasteiger partial charge on any atom is -0.324 e. The molecule has 0 aliphatic rings. The number of aryl methyl sites for hydroxylation is 1. The van der Waals surface area contributed by atoms with Crippen molar-refractivity contribution in [3.05, 3.63) is 35.1 Å². The van der Waals surface area contributed by atoms with Crippen molar-refractivity contribution in [1.82, 2.24) is 0 Å². The van der Waals surface area contributed by atoms with E-state index in [1.165, 1.54) is 18.2 Å². The number of alkyl halides is 2. The molecule has 0 saturated carbocycles. The van der Waals surface area contributed by atoms with Gasteiger partial charge in [0, 0.05) is 12.5 Å². The zero-order valence-corrected chi connectivity index (χ0v) is 9.03. The van der Waals surface area contributed by atoms with Gasteiger partial charge in [0.05, 0.1) is 0 Å². The Bertz CT molecular complexity index is 318. The highest BCUT2D eigenvalue weighted by Crippen LogP contribution is 2.22. The summed E-state index contributed by atoms with van der Waals surface area (Å²) in [7, 11) is 0. The molecule has 0 fully saturated rings. The van der Waals surface area contributed by atoms with Gasteiger partial charge in [0.25, 0.3) is 0 Å². The van der Waals surface area contributed by atoms with Crippen LogP contribution in [0.4, 0.5) is 13.2 Å². The molecule has 0 aromatic heterocycles. The lowest BCUT2D eigenvalue weighted by Gasteiger charge is -2.14. The molecule has 0 radical (unpaired) electrons. The van der Waals surface area contributed by atoms with Gasteiger partial charge in [-0.25, -0.2) is 13.2 Å². The average molecular weight is 240 g/mol. The third-order valence-corrected chi connectivity index (χ3v) is 2.07. The average Bonchev–Trinajstić information content (AvgIpc) is 2.08. The molecule has 1 rings (SSSR count). The summed E-state index contributed by atoms with van der Waals surface area (Å²) in [6.07, 6.45) is -2.91. The highest BCUT2D eigenvalue weighted by molar-refractivity contribution is 5.85. The van der Waals surface area contributed by atoms with Crippen LogP contribution in [0, 0.1) is 12.7 Å². The summed E-state index contributed by atoms with van der Waals surface area (Å²) in [5.41, 5.74) is 6.70. The third-order valence-electron chi connectivity index (χ3n) is 2.07. The summed E-state index contributed by atoms with van der Waals surface area (Å²) < 4.78 is 36.9. The minimum absolute atomic E-state index is 0. The van der Waals surface area contributed by atoms with E-state index in [4.69, 9.17) is 5.73 Å². The monoisotopic (exact) mass is 239 g/mol. The Balaban J connectivity index is 0.00000196. The second-order valence-electron chi connectivity index (χ2n) is 3.23. The summed E-state index contributed by atoms with van der Waals surface area (Å²) in [4.78, 5) is 0. The van der Waals surface area contributed by atoms with E-state index >= 15 is 0 Å². The topological polar surface area (TPSA) is 26.0 Å². The van der Waals surface area contributed by atoms with Crippen molar-refractivity contribution in [2.24, 2.45) is 5.73 Å². The SMILES string of the molecule is Cc1ccc(F)cc1[C@@H](N)CC(F)F.Cl. The molecule has 1 atom stereocenters. The number of rotatable bonds is 3. The molecular formula is C10H13ClF3N. The van der Waals surface area contributed by atoms with Gasteiger partial charge in [0.2, 0.25) is 6.43 Å². The fourth-order valence-electron chi connectivity index (χ4n) is 1.33. The number of nitrogens with two attached hydrogens (primary N) is 1. The van der Waals surface area contributed by atoms with Crippen molar-refractivity contribution in [3.63, 3.8) is 0 Å². The Morgan fingerprint density at radius 1 is 1.33 bits per heavy atom. The first-order chi connectivity index (χ1) is 6.50. The Labute approximate surface area is 92.9 Å². The standard InChI is InChI=1S/C10H12F3N.ClH/c1-6-2-3-7(11)4-8(6)9(14)5-10(12)13;/h2-4,9-10H,5,14H2,1H3;1H/t9-;/m0./s1. The summed E-state index contributed by atoms with van der Waals surface area (Å²) in [5, 5.41) is 0. The fourth-order valence-corrected chi connectivity index (χ4v) is 1.33. The summed E-state index contributed by atoms with van der Waals surface area (Å²) in [6, 6.07) is 3.23. The number of hydrogen-bond donors (Lipinski definition) is 1. The lowest BCUT2D eigenvalue weighted by Crippen LogP contribution is -2.15. The molecule has 15 heavy (non-hydrogen) atoms. The summed E-state index contributed by atoms with van der Waals surface area (Å²) in [6.45, 7) is 1.72. The summed E-state index contributed by atoms with van der Waals surface area (Å²) >= 11 is 0. The van der Waals surface area contributed by atoms with Crippen LogP contribution in [0.3, 0.4) is 0 Å². The van der Waals surface area contributed by atoms with Gasteiger partial charge in [0.15, 0.2) is 0 Å². The van der Waals surface area contributed by atoms with Crippen molar-refractivity contribution in [2.45, 2.75) is 25.8 Å². The van der Waals surface area contributed by atoms with E-state index < -0.39 is 24.7 Å². The first-order valence-corrected chi connectivity index (χ1v) is 4.30. The molecule has 0 spiro atoms. The molecule has 2 N–H and O–H groups in total. The molecule has 86 valence electrons. The Morgan fingerprint density at radius 2 is 1.93 bits per heavy atom. The second-order valence-corrected chi connectivity index (χ2v) is 3.23. The van der Waals surface area contributed by atoms with Crippen molar-refractivity contribution in [2.75, 3.05) is 0 Å². The second kappa shape index (κ2) is 5.98. The highest BCUT2D eigenvalue weighted by Gasteiger charge is 2.15. The number of hydrogen-bond acceptors (Lipinski definition) is 1. The van der Waals surface area contributed by atoms with E-state index in [1.54, 1.807) is 6.92 Å². The minimum atomic E-state index is -2.47. The van der Waals surface area contributed by atoms with Crippen molar-refractivity contribution >= 4 is 12.4 Å². The lowest BCUT2D eigenvalue weighted by molar-refractivity contribution is 0.128. The van der Waals surface area contributed by atoms with Gasteiger partial charge in [-0.1, -0.05) is 6.07 Å². The maximum atomic E-state index is 12.8. The largest absolute Gasteiger partial charge is 0.324 e. The zero-order chi connectivity index (χ0) is 10.7. The van der Waals surface area contributed by atoms with Crippen molar-refractivity contribution < 1.29 is 13.2 Å².